The predicted octanol–water partition coefficient (Wildman–Crippen LogP) is 3.88. The van der Waals surface area contributed by atoms with Gasteiger partial charge in [0.1, 0.15) is 0 Å². The first-order chi connectivity index (χ1) is 9.66. The second-order valence-electron chi connectivity index (χ2n) is 6.96. The maximum atomic E-state index is 3.82. The van der Waals surface area contributed by atoms with E-state index < -0.39 is 0 Å². The Morgan fingerprint density at radius 3 is 2.75 bits per heavy atom. The van der Waals surface area contributed by atoms with Crippen LogP contribution in [0.1, 0.15) is 56.6 Å². The first-order valence-electron chi connectivity index (χ1n) is 8.24. The Hall–Kier alpha value is -1.02. The number of rotatable bonds is 3. The minimum Gasteiger partial charge on any atom is -0.374 e. The molecule has 1 saturated carbocycles. The lowest BCUT2D eigenvalue weighted by molar-refractivity contribution is 0.252. The fourth-order valence-corrected chi connectivity index (χ4v) is 3.77. The normalized spacial score (nSPS) is 21.6. The van der Waals surface area contributed by atoms with Gasteiger partial charge in [-0.1, -0.05) is 31.4 Å². The molecule has 1 aromatic rings. The number of nitrogens with zero attached hydrogens (tertiary/aromatic N) is 1. The summed E-state index contributed by atoms with van der Waals surface area (Å²) in [4.78, 5) is 2.39. The number of anilines is 1. The van der Waals surface area contributed by atoms with Crippen molar-refractivity contribution in [3.8, 4) is 0 Å². The highest BCUT2D eigenvalue weighted by atomic mass is 15.1. The van der Waals surface area contributed by atoms with Crippen molar-refractivity contribution in [1.29, 1.82) is 0 Å². The third kappa shape index (κ3) is 3.01. The van der Waals surface area contributed by atoms with Gasteiger partial charge in [0.15, 0.2) is 0 Å². The minimum atomic E-state index is 0.366. The Bertz CT molecular complexity index is 460. The van der Waals surface area contributed by atoms with Gasteiger partial charge in [-0.25, -0.2) is 0 Å². The molecule has 0 spiro atoms. The summed E-state index contributed by atoms with van der Waals surface area (Å²) in [5, 5.41) is 3.82. The second-order valence-corrected chi connectivity index (χ2v) is 6.96. The van der Waals surface area contributed by atoms with Crippen LogP contribution in [0, 0.1) is 0 Å². The first kappa shape index (κ1) is 13.9. The van der Waals surface area contributed by atoms with Crippen LogP contribution >= 0.6 is 0 Å². The molecule has 1 aromatic carbocycles. The zero-order valence-electron chi connectivity index (χ0n) is 13.0. The number of benzene rings is 1. The smallest absolute Gasteiger partial charge is 0.0396 e. The quantitative estimate of drug-likeness (QED) is 0.898. The molecule has 0 bridgehead atoms. The van der Waals surface area contributed by atoms with E-state index >= 15 is 0 Å². The van der Waals surface area contributed by atoms with Crippen molar-refractivity contribution in [2.45, 2.75) is 64.0 Å². The van der Waals surface area contributed by atoms with Crippen LogP contribution in [0.25, 0.3) is 0 Å². The lowest BCUT2D eigenvalue weighted by atomic mass is 9.83. The molecule has 1 heterocycles. The highest BCUT2D eigenvalue weighted by molar-refractivity contribution is 5.56. The average Bonchev–Trinajstić information content (AvgIpc) is 2.46. The fraction of sp³-hybridized carbons (Fsp3) is 0.667. The number of fused-ring (bicyclic) bond motifs is 1. The Kier molecular flexibility index (Phi) is 4.02. The zero-order valence-corrected chi connectivity index (χ0v) is 13.0. The molecule has 0 amide bonds. The SMILES string of the molecule is CN1CCCc2cc(CNC3(C)CCCCC3)ccc21. The molecule has 3 rings (SSSR count). The maximum Gasteiger partial charge on any atom is 0.0396 e. The summed E-state index contributed by atoms with van der Waals surface area (Å²) in [7, 11) is 2.21. The van der Waals surface area contributed by atoms with E-state index in [1.807, 2.05) is 0 Å². The van der Waals surface area contributed by atoms with Gasteiger partial charge >= 0.3 is 0 Å². The molecule has 1 aliphatic heterocycles. The molecule has 1 N–H and O–H groups in total. The van der Waals surface area contributed by atoms with Gasteiger partial charge in [-0.3, -0.25) is 0 Å². The molecule has 2 aliphatic rings. The van der Waals surface area contributed by atoms with Crippen molar-refractivity contribution < 1.29 is 0 Å². The Labute approximate surface area is 123 Å². The molecule has 0 saturated heterocycles. The zero-order chi connectivity index (χ0) is 14.0. The van der Waals surface area contributed by atoms with E-state index in [4.69, 9.17) is 0 Å². The van der Waals surface area contributed by atoms with Crippen molar-refractivity contribution >= 4 is 5.69 Å². The van der Waals surface area contributed by atoms with Crippen LogP contribution in [-0.4, -0.2) is 19.1 Å². The highest BCUT2D eigenvalue weighted by Crippen LogP contribution is 2.29. The van der Waals surface area contributed by atoms with Crippen LogP contribution in [-0.2, 0) is 13.0 Å². The van der Waals surface area contributed by atoms with E-state index in [1.165, 1.54) is 68.3 Å². The van der Waals surface area contributed by atoms with E-state index in [0.29, 0.717) is 5.54 Å². The molecule has 0 radical (unpaired) electrons. The maximum absolute atomic E-state index is 3.82. The van der Waals surface area contributed by atoms with Crippen molar-refractivity contribution in [3.63, 3.8) is 0 Å². The van der Waals surface area contributed by atoms with Gasteiger partial charge in [-0.2, -0.15) is 0 Å². The number of nitrogens with one attached hydrogen (secondary N) is 1. The van der Waals surface area contributed by atoms with E-state index in [-0.39, 0.29) is 0 Å². The van der Waals surface area contributed by atoms with Crippen LogP contribution in [0.15, 0.2) is 18.2 Å². The number of hydrogen-bond donors (Lipinski definition) is 1. The third-order valence-corrected chi connectivity index (χ3v) is 5.17. The van der Waals surface area contributed by atoms with Gasteiger partial charge in [0.05, 0.1) is 0 Å². The van der Waals surface area contributed by atoms with Crippen LogP contribution in [0.5, 0.6) is 0 Å². The van der Waals surface area contributed by atoms with Gasteiger partial charge in [-0.15, -0.1) is 0 Å². The minimum absolute atomic E-state index is 0.366. The summed E-state index contributed by atoms with van der Waals surface area (Å²) >= 11 is 0. The standard InChI is InChI=1S/C18H28N2/c1-18(10-4-3-5-11-18)19-14-15-8-9-17-16(13-15)7-6-12-20(17)2/h8-9,13,19H,3-7,10-12,14H2,1-2H3. The Morgan fingerprint density at radius 1 is 1.15 bits per heavy atom. The third-order valence-electron chi connectivity index (χ3n) is 5.17. The topological polar surface area (TPSA) is 15.3 Å². The van der Waals surface area contributed by atoms with Gasteiger partial charge in [0, 0.05) is 31.4 Å². The summed E-state index contributed by atoms with van der Waals surface area (Å²) < 4.78 is 0. The molecular formula is C18H28N2. The molecule has 1 aliphatic carbocycles. The average molecular weight is 272 g/mol. The van der Waals surface area contributed by atoms with E-state index in [9.17, 15) is 0 Å². The predicted molar refractivity (Wildman–Crippen MR) is 86.4 cm³/mol. The van der Waals surface area contributed by atoms with Crippen LogP contribution in [0.3, 0.4) is 0 Å². The summed E-state index contributed by atoms with van der Waals surface area (Å²) in [5.74, 6) is 0. The summed E-state index contributed by atoms with van der Waals surface area (Å²) in [6.45, 7) is 4.62. The molecule has 1 fully saturated rings. The molecule has 0 atom stereocenters. The molecule has 0 aromatic heterocycles. The molecule has 110 valence electrons. The second kappa shape index (κ2) is 5.77. The van der Waals surface area contributed by atoms with Crippen LogP contribution in [0.4, 0.5) is 5.69 Å². The van der Waals surface area contributed by atoms with Crippen molar-refractivity contribution in [1.82, 2.24) is 5.32 Å². The fourth-order valence-electron chi connectivity index (χ4n) is 3.77. The van der Waals surface area contributed by atoms with E-state index in [2.05, 4.69) is 42.4 Å². The summed E-state index contributed by atoms with van der Waals surface area (Å²) in [5.41, 5.74) is 4.78. The van der Waals surface area contributed by atoms with Crippen LogP contribution in [0.2, 0.25) is 0 Å². The first-order valence-corrected chi connectivity index (χ1v) is 8.24. The van der Waals surface area contributed by atoms with E-state index in [1.54, 1.807) is 0 Å². The largest absolute Gasteiger partial charge is 0.374 e. The van der Waals surface area contributed by atoms with Crippen molar-refractivity contribution in [2.75, 3.05) is 18.5 Å². The highest BCUT2D eigenvalue weighted by Gasteiger charge is 2.25. The monoisotopic (exact) mass is 272 g/mol. The molecule has 0 unspecified atom stereocenters. The number of hydrogen-bond acceptors (Lipinski definition) is 2. The van der Waals surface area contributed by atoms with E-state index in [0.717, 1.165) is 6.54 Å². The molecule has 2 nitrogen and oxygen atoms in total. The molecule has 20 heavy (non-hydrogen) atoms. The lowest BCUT2D eigenvalue weighted by Crippen LogP contribution is -2.43. The van der Waals surface area contributed by atoms with Crippen LogP contribution < -0.4 is 10.2 Å². The molecular weight excluding hydrogens is 244 g/mol. The van der Waals surface area contributed by atoms with Gasteiger partial charge in [0.2, 0.25) is 0 Å². The van der Waals surface area contributed by atoms with Gasteiger partial charge in [0.25, 0.3) is 0 Å². The van der Waals surface area contributed by atoms with Crippen molar-refractivity contribution in [3.05, 3.63) is 29.3 Å². The number of aryl methyl sites for hydroxylation is 1. The molecule has 2 heteroatoms. The van der Waals surface area contributed by atoms with Gasteiger partial charge in [-0.05, 0) is 49.8 Å². The Morgan fingerprint density at radius 2 is 1.95 bits per heavy atom. The van der Waals surface area contributed by atoms with Crippen molar-refractivity contribution in [2.24, 2.45) is 0 Å². The summed E-state index contributed by atoms with van der Waals surface area (Å²) in [6, 6.07) is 7.04. The lowest BCUT2D eigenvalue weighted by Gasteiger charge is -2.35. The Balaban J connectivity index is 1.66. The van der Waals surface area contributed by atoms with Gasteiger partial charge < -0.3 is 10.2 Å². The summed E-state index contributed by atoms with van der Waals surface area (Å²) in [6.07, 6.45) is 9.39.